The Morgan fingerprint density at radius 2 is 1.81 bits per heavy atom. The standard InChI is InChI=1S/C20H19N3O2S/c1-14-5-3-4-6-17(14)21-19(24)13-26-20-12-11-18(22-23-20)15-7-9-16(25-2)10-8-15/h3-12H,13H2,1-2H3,(H,21,24). The van der Waals surface area contributed by atoms with E-state index >= 15 is 0 Å². The minimum Gasteiger partial charge on any atom is -0.497 e. The van der Waals surface area contributed by atoms with E-state index in [2.05, 4.69) is 15.5 Å². The van der Waals surface area contributed by atoms with E-state index < -0.39 is 0 Å². The highest BCUT2D eigenvalue weighted by Crippen LogP contribution is 2.22. The van der Waals surface area contributed by atoms with Crippen LogP contribution in [-0.2, 0) is 4.79 Å². The number of nitrogens with zero attached hydrogens (tertiary/aromatic N) is 2. The van der Waals surface area contributed by atoms with Gasteiger partial charge in [-0.25, -0.2) is 0 Å². The van der Waals surface area contributed by atoms with Gasteiger partial charge in [-0.15, -0.1) is 10.2 Å². The maximum absolute atomic E-state index is 12.1. The predicted molar refractivity (Wildman–Crippen MR) is 105 cm³/mol. The average Bonchev–Trinajstić information content (AvgIpc) is 2.69. The van der Waals surface area contributed by atoms with Gasteiger partial charge in [-0.1, -0.05) is 30.0 Å². The third-order valence-electron chi connectivity index (χ3n) is 3.80. The first-order valence-corrected chi connectivity index (χ1v) is 9.11. The second-order valence-electron chi connectivity index (χ2n) is 5.64. The summed E-state index contributed by atoms with van der Waals surface area (Å²) in [7, 11) is 1.64. The van der Waals surface area contributed by atoms with Crippen LogP contribution < -0.4 is 10.1 Å². The molecule has 1 aromatic heterocycles. The molecular formula is C20H19N3O2S. The molecule has 0 saturated carbocycles. The Bertz CT molecular complexity index is 880. The summed E-state index contributed by atoms with van der Waals surface area (Å²) in [4.78, 5) is 12.1. The van der Waals surface area contributed by atoms with Crippen LogP contribution in [0.15, 0.2) is 65.7 Å². The van der Waals surface area contributed by atoms with Gasteiger partial charge in [0.25, 0.3) is 0 Å². The lowest BCUT2D eigenvalue weighted by Gasteiger charge is -2.07. The van der Waals surface area contributed by atoms with Crippen LogP contribution in [0.2, 0.25) is 0 Å². The molecule has 0 fully saturated rings. The van der Waals surface area contributed by atoms with Gasteiger partial charge in [0.2, 0.25) is 5.91 Å². The number of amides is 1. The van der Waals surface area contributed by atoms with Crippen LogP contribution in [0.4, 0.5) is 5.69 Å². The van der Waals surface area contributed by atoms with E-state index in [-0.39, 0.29) is 11.7 Å². The molecule has 0 aliphatic heterocycles. The molecule has 0 bridgehead atoms. The Kier molecular flexibility index (Phi) is 5.86. The molecular weight excluding hydrogens is 346 g/mol. The summed E-state index contributed by atoms with van der Waals surface area (Å²) in [6, 6.07) is 19.1. The van der Waals surface area contributed by atoms with Gasteiger partial charge < -0.3 is 10.1 Å². The summed E-state index contributed by atoms with van der Waals surface area (Å²) in [6.45, 7) is 1.96. The molecule has 0 atom stereocenters. The van der Waals surface area contributed by atoms with Crippen LogP contribution in [0.25, 0.3) is 11.3 Å². The first kappa shape index (κ1) is 17.9. The SMILES string of the molecule is COc1ccc(-c2ccc(SCC(=O)Nc3ccccc3C)nn2)cc1. The number of anilines is 1. The van der Waals surface area contributed by atoms with Gasteiger partial charge in [-0.3, -0.25) is 4.79 Å². The summed E-state index contributed by atoms with van der Waals surface area (Å²) in [5.74, 6) is 1.02. The second kappa shape index (κ2) is 8.49. The molecule has 1 amide bonds. The smallest absolute Gasteiger partial charge is 0.234 e. The van der Waals surface area contributed by atoms with Crippen molar-refractivity contribution in [2.24, 2.45) is 0 Å². The summed E-state index contributed by atoms with van der Waals surface area (Å²) in [5, 5.41) is 12.1. The molecule has 3 rings (SSSR count). The number of nitrogens with one attached hydrogen (secondary N) is 1. The molecule has 0 aliphatic carbocycles. The number of hydrogen-bond acceptors (Lipinski definition) is 5. The Balaban J connectivity index is 1.57. The van der Waals surface area contributed by atoms with E-state index in [0.29, 0.717) is 5.03 Å². The predicted octanol–water partition coefficient (Wildman–Crippen LogP) is 4.19. The quantitative estimate of drug-likeness (QED) is 0.664. The first-order chi connectivity index (χ1) is 12.7. The van der Waals surface area contributed by atoms with Crippen molar-refractivity contribution >= 4 is 23.4 Å². The van der Waals surface area contributed by atoms with Gasteiger partial charge >= 0.3 is 0 Å². The van der Waals surface area contributed by atoms with Crippen molar-refractivity contribution in [3.63, 3.8) is 0 Å². The Morgan fingerprint density at radius 3 is 2.46 bits per heavy atom. The maximum Gasteiger partial charge on any atom is 0.234 e. The molecule has 0 spiro atoms. The van der Waals surface area contributed by atoms with E-state index in [0.717, 1.165) is 28.3 Å². The number of para-hydroxylation sites is 1. The number of hydrogen-bond donors (Lipinski definition) is 1. The van der Waals surface area contributed by atoms with Crippen molar-refractivity contribution < 1.29 is 9.53 Å². The van der Waals surface area contributed by atoms with Crippen molar-refractivity contribution in [1.29, 1.82) is 0 Å². The fourth-order valence-electron chi connectivity index (χ4n) is 2.35. The van der Waals surface area contributed by atoms with Crippen LogP contribution in [0.1, 0.15) is 5.56 Å². The number of rotatable bonds is 6. The van der Waals surface area contributed by atoms with Gasteiger partial charge in [0.05, 0.1) is 18.6 Å². The fourth-order valence-corrected chi connectivity index (χ4v) is 2.97. The Labute approximate surface area is 156 Å². The van der Waals surface area contributed by atoms with Crippen LogP contribution in [-0.4, -0.2) is 29.0 Å². The van der Waals surface area contributed by atoms with Crippen LogP contribution in [0.3, 0.4) is 0 Å². The molecule has 0 saturated heterocycles. The van der Waals surface area contributed by atoms with Crippen molar-refractivity contribution in [3.8, 4) is 17.0 Å². The van der Waals surface area contributed by atoms with Gasteiger partial charge in [-0.2, -0.15) is 0 Å². The van der Waals surface area contributed by atoms with Crippen molar-refractivity contribution in [2.45, 2.75) is 11.9 Å². The van der Waals surface area contributed by atoms with Crippen molar-refractivity contribution in [1.82, 2.24) is 10.2 Å². The second-order valence-corrected chi connectivity index (χ2v) is 6.63. The van der Waals surface area contributed by atoms with E-state index in [1.807, 2.05) is 67.6 Å². The number of carbonyl (C=O) groups is 1. The van der Waals surface area contributed by atoms with Gasteiger partial charge in [-0.05, 0) is 55.0 Å². The third-order valence-corrected chi connectivity index (χ3v) is 4.72. The van der Waals surface area contributed by atoms with Crippen LogP contribution >= 0.6 is 11.8 Å². The number of methoxy groups -OCH3 is 1. The number of thioether (sulfide) groups is 1. The van der Waals surface area contributed by atoms with Crippen molar-refractivity contribution in [2.75, 3.05) is 18.2 Å². The lowest BCUT2D eigenvalue weighted by atomic mass is 10.1. The molecule has 0 unspecified atom stereocenters. The topological polar surface area (TPSA) is 64.1 Å². The maximum atomic E-state index is 12.1. The molecule has 1 heterocycles. The minimum absolute atomic E-state index is 0.0645. The molecule has 6 heteroatoms. The van der Waals surface area contributed by atoms with Gasteiger partial charge in [0.15, 0.2) is 0 Å². The molecule has 3 aromatic rings. The zero-order valence-corrected chi connectivity index (χ0v) is 15.4. The van der Waals surface area contributed by atoms with E-state index in [1.165, 1.54) is 11.8 Å². The summed E-state index contributed by atoms with van der Waals surface area (Å²) < 4.78 is 5.15. The number of aryl methyl sites for hydroxylation is 1. The van der Waals surface area contributed by atoms with Gasteiger partial charge in [0, 0.05) is 11.3 Å². The zero-order valence-electron chi connectivity index (χ0n) is 14.6. The fraction of sp³-hybridized carbons (Fsp3) is 0.150. The lowest BCUT2D eigenvalue weighted by molar-refractivity contribution is -0.113. The van der Waals surface area contributed by atoms with Crippen LogP contribution in [0.5, 0.6) is 5.75 Å². The normalized spacial score (nSPS) is 10.4. The zero-order chi connectivity index (χ0) is 18.4. The molecule has 132 valence electrons. The summed E-state index contributed by atoms with van der Waals surface area (Å²) in [6.07, 6.45) is 0. The van der Waals surface area contributed by atoms with E-state index in [4.69, 9.17) is 4.74 Å². The molecule has 0 radical (unpaired) electrons. The Hall–Kier alpha value is -2.86. The van der Waals surface area contributed by atoms with Gasteiger partial charge in [0.1, 0.15) is 10.8 Å². The highest BCUT2D eigenvalue weighted by Gasteiger charge is 2.07. The van der Waals surface area contributed by atoms with E-state index in [1.54, 1.807) is 7.11 Å². The monoisotopic (exact) mass is 365 g/mol. The number of ether oxygens (including phenoxy) is 1. The Morgan fingerprint density at radius 1 is 1.04 bits per heavy atom. The molecule has 5 nitrogen and oxygen atoms in total. The molecule has 0 aliphatic rings. The average molecular weight is 365 g/mol. The third kappa shape index (κ3) is 4.61. The highest BCUT2D eigenvalue weighted by molar-refractivity contribution is 7.99. The van der Waals surface area contributed by atoms with Crippen LogP contribution in [0, 0.1) is 6.92 Å². The number of benzene rings is 2. The highest BCUT2D eigenvalue weighted by atomic mass is 32.2. The number of carbonyl (C=O) groups excluding carboxylic acids is 1. The van der Waals surface area contributed by atoms with Crippen molar-refractivity contribution in [3.05, 3.63) is 66.2 Å². The number of aromatic nitrogens is 2. The minimum atomic E-state index is -0.0645. The molecule has 2 aromatic carbocycles. The summed E-state index contributed by atoms with van der Waals surface area (Å²) in [5.41, 5.74) is 3.61. The lowest BCUT2D eigenvalue weighted by Crippen LogP contribution is -2.14. The molecule has 26 heavy (non-hydrogen) atoms. The summed E-state index contributed by atoms with van der Waals surface area (Å²) >= 11 is 1.36. The van der Waals surface area contributed by atoms with E-state index in [9.17, 15) is 4.79 Å². The molecule has 1 N–H and O–H groups in total. The largest absolute Gasteiger partial charge is 0.497 e. The first-order valence-electron chi connectivity index (χ1n) is 8.12.